The fraction of sp³-hybridized carbons (Fsp3) is 0.0909. The molecule has 1 aliphatic rings. The average molecular weight is 359 g/mol. The van der Waals surface area contributed by atoms with Gasteiger partial charge in [0, 0.05) is 23.4 Å². The highest BCUT2D eigenvalue weighted by Crippen LogP contribution is 2.35. The Hall–Kier alpha value is -2.75. The maximum atomic E-state index is 6.45. The molecule has 4 aromatic carbocycles. The Morgan fingerprint density at radius 3 is 1.65 bits per heavy atom. The minimum absolute atomic E-state index is 0.586. The van der Waals surface area contributed by atoms with Crippen molar-refractivity contribution in [2.45, 2.75) is 5.85 Å². The standard InChI is InChI=1S/C22H15ClN2O/c1-26-22(18-12-6-7-13-19(18)23)24-20-16-10-4-2-8-14(16)15-9-3-5-11-17(15)21(20)25-22/h2-13H,1H3. The summed E-state index contributed by atoms with van der Waals surface area (Å²) in [6.07, 6.45) is 0. The van der Waals surface area contributed by atoms with Crippen LogP contribution in [0.25, 0.3) is 21.5 Å². The van der Waals surface area contributed by atoms with Crippen LogP contribution in [-0.4, -0.2) is 7.11 Å². The third-order valence-corrected chi connectivity index (χ3v) is 5.24. The van der Waals surface area contributed by atoms with Gasteiger partial charge in [0.1, 0.15) is 0 Å². The molecule has 0 unspecified atom stereocenters. The van der Waals surface area contributed by atoms with Gasteiger partial charge in [0.2, 0.25) is 0 Å². The van der Waals surface area contributed by atoms with Crippen LogP contribution in [0.2, 0.25) is 5.02 Å². The number of rotatable bonds is 2. The zero-order valence-electron chi connectivity index (χ0n) is 14.1. The topological polar surface area (TPSA) is 34.0 Å². The van der Waals surface area contributed by atoms with Crippen LogP contribution in [-0.2, 0) is 10.6 Å². The predicted octanol–water partition coefficient (Wildman–Crippen LogP) is 4.36. The molecule has 1 aliphatic heterocycles. The van der Waals surface area contributed by atoms with E-state index in [1.165, 1.54) is 0 Å². The minimum Gasteiger partial charge on any atom is -0.335 e. The first-order chi connectivity index (χ1) is 12.7. The Balaban J connectivity index is 1.99. The maximum absolute atomic E-state index is 6.45. The fourth-order valence-electron chi connectivity index (χ4n) is 3.71. The molecular formula is C22H15ClN2O. The Kier molecular flexibility index (Phi) is 3.36. The highest BCUT2D eigenvalue weighted by molar-refractivity contribution is 6.31. The first-order valence-corrected chi connectivity index (χ1v) is 8.81. The van der Waals surface area contributed by atoms with Gasteiger partial charge in [0.25, 0.3) is 5.85 Å². The van der Waals surface area contributed by atoms with Crippen molar-refractivity contribution in [2.24, 2.45) is 9.98 Å². The van der Waals surface area contributed by atoms with Crippen molar-refractivity contribution in [3.05, 3.63) is 94.1 Å². The van der Waals surface area contributed by atoms with Crippen molar-refractivity contribution in [3.63, 3.8) is 0 Å². The van der Waals surface area contributed by atoms with E-state index in [-0.39, 0.29) is 0 Å². The van der Waals surface area contributed by atoms with E-state index in [0.29, 0.717) is 5.02 Å². The van der Waals surface area contributed by atoms with Gasteiger partial charge in [0.15, 0.2) is 0 Å². The Bertz CT molecular complexity index is 1220. The van der Waals surface area contributed by atoms with Crippen LogP contribution >= 0.6 is 11.6 Å². The van der Waals surface area contributed by atoms with Crippen LogP contribution in [0.5, 0.6) is 0 Å². The molecule has 0 aliphatic carbocycles. The minimum atomic E-state index is -1.16. The molecule has 3 nitrogen and oxygen atoms in total. The number of ether oxygens (including phenoxy) is 1. The number of methoxy groups -OCH3 is 1. The zero-order valence-corrected chi connectivity index (χ0v) is 14.9. The summed E-state index contributed by atoms with van der Waals surface area (Å²) in [6.45, 7) is 0. The first kappa shape index (κ1) is 15.5. The van der Waals surface area contributed by atoms with E-state index in [1.54, 1.807) is 7.11 Å². The summed E-state index contributed by atoms with van der Waals surface area (Å²) in [4.78, 5) is 9.88. The third-order valence-electron chi connectivity index (χ3n) is 4.91. The second-order valence-electron chi connectivity index (χ2n) is 6.30. The molecule has 0 saturated carbocycles. The second kappa shape index (κ2) is 5.63. The summed E-state index contributed by atoms with van der Waals surface area (Å²) in [5.74, 6) is -1.16. The monoisotopic (exact) mass is 358 g/mol. The van der Waals surface area contributed by atoms with Crippen molar-refractivity contribution >= 4 is 33.1 Å². The van der Waals surface area contributed by atoms with Gasteiger partial charge in [0.05, 0.1) is 15.7 Å². The summed E-state index contributed by atoms with van der Waals surface area (Å²) < 4.78 is 5.83. The van der Waals surface area contributed by atoms with Gasteiger partial charge in [-0.15, -0.1) is 0 Å². The largest absolute Gasteiger partial charge is 0.335 e. The van der Waals surface area contributed by atoms with E-state index in [1.807, 2.05) is 48.5 Å². The van der Waals surface area contributed by atoms with Crippen LogP contribution in [0.3, 0.4) is 0 Å². The molecule has 0 spiro atoms. The lowest BCUT2D eigenvalue weighted by atomic mass is 10.0. The lowest BCUT2D eigenvalue weighted by Crippen LogP contribution is -2.23. The molecule has 0 amide bonds. The normalized spacial score (nSPS) is 14.8. The third kappa shape index (κ3) is 2.05. The van der Waals surface area contributed by atoms with E-state index in [0.717, 1.165) is 37.8 Å². The van der Waals surface area contributed by atoms with Crippen molar-refractivity contribution in [3.8, 4) is 0 Å². The number of hydrogen-bond acceptors (Lipinski definition) is 3. The molecule has 26 heavy (non-hydrogen) atoms. The molecule has 0 atom stereocenters. The molecule has 0 saturated heterocycles. The Morgan fingerprint density at radius 1 is 0.692 bits per heavy atom. The van der Waals surface area contributed by atoms with Crippen LogP contribution in [0.15, 0.2) is 82.8 Å². The smallest absolute Gasteiger partial charge is 0.287 e. The van der Waals surface area contributed by atoms with Crippen LogP contribution in [0, 0.1) is 0 Å². The van der Waals surface area contributed by atoms with Gasteiger partial charge in [-0.1, -0.05) is 78.3 Å². The Labute approximate surface area is 155 Å². The summed E-state index contributed by atoms with van der Waals surface area (Å²) >= 11 is 6.45. The molecule has 0 fully saturated rings. The van der Waals surface area contributed by atoms with Gasteiger partial charge in [-0.3, -0.25) is 0 Å². The van der Waals surface area contributed by atoms with Gasteiger partial charge in [-0.2, -0.15) is 0 Å². The zero-order chi connectivity index (χ0) is 17.7. The highest BCUT2D eigenvalue weighted by Gasteiger charge is 2.36. The number of halogens is 1. The summed E-state index contributed by atoms with van der Waals surface area (Å²) in [5, 5.41) is 6.73. The fourth-order valence-corrected chi connectivity index (χ4v) is 3.96. The molecule has 0 N–H and O–H groups in total. The van der Waals surface area contributed by atoms with Crippen LogP contribution < -0.4 is 10.7 Å². The van der Waals surface area contributed by atoms with Gasteiger partial charge < -0.3 is 4.74 Å². The highest BCUT2D eigenvalue weighted by atomic mass is 35.5. The summed E-state index contributed by atoms with van der Waals surface area (Å²) in [5.41, 5.74) is 0.744. The lowest BCUT2D eigenvalue weighted by Gasteiger charge is -2.22. The summed E-state index contributed by atoms with van der Waals surface area (Å²) in [6, 6.07) is 24.1. The van der Waals surface area contributed by atoms with Gasteiger partial charge in [-0.05, 0) is 16.8 Å². The number of fused-ring (bicyclic) bond motifs is 6. The molecule has 4 aromatic rings. The molecule has 4 heteroatoms. The van der Waals surface area contributed by atoms with Gasteiger partial charge in [-0.25, -0.2) is 9.98 Å². The molecule has 126 valence electrons. The molecular weight excluding hydrogens is 344 g/mol. The quantitative estimate of drug-likeness (QED) is 0.490. The number of nitrogens with zero attached hydrogens (tertiary/aromatic N) is 2. The molecule has 5 rings (SSSR count). The van der Waals surface area contributed by atoms with Crippen LogP contribution in [0.1, 0.15) is 5.56 Å². The predicted molar refractivity (Wildman–Crippen MR) is 104 cm³/mol. The number of benzene rings is 4. The first-order valence-electron chi connectivity index (χ1n) is 8.43. The molecule has 0 radical (unpaired) electrons. The number of hydrogen-bond donors (Lipinski definition) is 0. The van der Waals surface area contributed by atoms with E-state index < -0.39 is 5.85 Å². The van der Waals surface area contributed by atoms with E-state index in [9.17, 15) is 0 Å². The Morgan fingerprint density at radius 2 is 1.15 bits per heavy atom. The van der Waals surface area contributed by atoms with E-state index >= 15 is 0 Å². The molecule has 0 bridgehead atoms. The maximum Gasteiger partial charge on any atom is 0.287 e. The van der Waals surface area contributed by atoms with E-state index in [2.05, 4.69) is 24.3 Å². The lowest BCUT2D eigenvalue weighted by molar-refractivity contribution is -0.000264. The van der Waals surface area contributed by atoms with E-state index in [4.69, 9.17) is 26.3 Å². The molecule has 0 aromatic heterocycles. The van der Waals surface area contributed by atoms with Crippen molar-refractivity contribution in [2.75, 3.05) is 7.11 Å². The van der Waals surface area contributed by atoms with Crippen LogP contribution in [0.4, 0.5) is 0 Å². The van der Waals surface area contributed by atoms with Gasteiger partial charge >= 0.3 is 0 Å². The average Bonchev–Trinajstić information content (AvgIpc) is 3.10. The van der Waals surface area contributed by atoms with Crippen molar-refractivity contribution in [1.82, 2.24) is 0 Å². The molecule has 1 heterocycles. The van der Waals surface area contributed by atoms with Crippen molar-refractivity contribution < 1.29 is 4.74 Å². The second-order valence-corrected chi connectivity index (χ2v) is 6.71. The van der Waals surface area contributed by atoms with Crippen molar-refractivity contribution in [1.29, 1.82) is 0 Å². The summed E-state index contributed by atoms with van der Waals surface area (Å²) in [7, 11) is 1.62. The SMILES string of the molecule is COC1(c2ccccc2Cl)N=c2c(c3ccccc3c3ccccc23)=N1.